The molecule has 2 heterocycles. The Bertz CT molecular complexity index is 1140. The minimum atomic E-state index is -0.455. The van der Waals surface area contributed by atoms with Gasteiger partial charge in [-0.2, -0.15) is 4.98 Å². The third-order valence-electron chi connectivity index (χ3n) is 5.21. The van der Waals surface area contributed by atoms with Gasteiger partial charge in [0, 0.05) is 22.8 Å². The topological polar surface area (TPSA) is 80.5 Å². The smallest absolute Gasteiger partial charge is 0.322 e. The van der Waals surface area contributed by atoms with Crippen LogP contribution >= 0.6 is 11.6 Å². The van der Waals surface area contributed by atoms with Crippen LogP contribution in [0, 0.1) is 0 Å². The summed E-state index contributed by atoms with van der Waals surface area (Å²) in [6.45, 7) is 4.51. The number of rotatable bonds is 6. The first-order valence-electron chi connectivity index (χ1n) is 10.0. The molecule has 2 aromatic carbocycles. The summed E-state index contributed by atoms with van der Waals surface area (Å²) in [5.74, 6) is 1.48. The van der Waals surface area contributed by atoms with Crippen molar-refractivity contribution in [3.63, 3.8) is 0 Å². The molecule has 1 N–H and O–H groups in total. The normalized spacial score (nSPS) is 16.5. The summed E-state index contributed by atoms with van der Waals surface area (Å²) in [4.78, 5) is 19.2. The first-order valence-corrected chi connectivity index (χ1v) is 10.4. The minimum absolute atomic E-state index is 0.162. The van der Waals surface area contributed by atoms with E-state index in [1.54, 1.807) is 24.1 Å². The number of nitrogens with zero attached hydrogens (tertiary/aromatic N) is 3. The fourth-order valence-corrected chi connectivity index (χ4v) is 3.89. The van der Waals surface area contributed by atoms with Crippen LogP contribution in [0.2, 0.25) is 5.02 Å². The number of ether oxygens (including phenoxy) is 1. The summed E-state index contributed by atoms with van der Waals surface area (Å²) >= 11 is 6.11. The molecule has 1 aromatic heterocycles. The molecule has 4 rings (SSSR count). The number of carbonyl (C=O) groups is 1. The Balaban J connectivity index is 1.82. The fourth-order valence-electron chi connectivity index (χ4n) is 3.70. The Hall–Kier alpha value is -3.32. The van der Waals surface area contributed by atoms with Gasteiger partial charge in [-0.15, -0.1) is 0 Å². The van der Waals surface area contributed by atoms with Gasteiger partial charge in [0.2, 0.25) is 5.82 Å². The summed E-state index contributed by atoms with van der Waals surface area (Å²) in [7, 11) is 1.61. The van der Waals surface area contributed by atoms with Crippen LogP contribution in [-0.4, -0.2) is 34.7 Å². The molecule has 7 nitrogen and oxygen atoms in total. The van der Waals surface area contributed by atoms with Gasteiger partial charge in [-0.3, -0.25) is 4.90 Å². The van der Waals surface area contributed by atoms with Crippen molar-refractivity contribution in [2.45, 2.75) is 26.3 Å². The van der Waals surface area contributed by atoms with E-state index in [4.69, 9.17) is 20.9 Å². The molecule has 1 aliphatic rings. The minimum Gasteiger partial charge on any atom is -0.497 e. The third kappa shape index (κ3) is 4.14. The summed E-state index contributed by atoms with van der Waals surface area (Å²) in [5, 5.41) is 7.83. The lowest BCUT2D eigenvalue weighted by molar-refractivity contribution is 0.205. The molecule has 0 radical (unpaired) electrons. The van der Waals surface area contributed by atoms with Crippen molar-refractivity contribution in [3.8, 4) is 17.1 Å². The number of aromatic nitrogens is 2. The number of amides is 2. The lowest BCUT2D eigenvalue weighted by Gasteiger charge is -2.35. The third-order valence-corrected chi connectivity index (χ3v) is 5.44. The van der Waals surface area contributed by atoms with Crippen LogP contribution in [0.4, 0.5) is 4.79 Å². The lowest BCUT2D eigenvalue weighted by Crippen LogP contribution is -2.46. The predicted octanol–water partition coefficient (Wildman–Crippen LogP) is 5.31. The monoisotopic (exact) mass is 438 g/mol. The molecule has 0 spiro atoms. The number of benzene rings is 2. The lowest BCUT2D eigenvalue weighted by atomic mass is 9.94. The van der Waals surface area contributed by atoms with Gasteiger partial charge in [-0.05, 0) is 43.2 Å². The maximum atomic E-state index is 12.8. The van der Waals surface area contributed by atoms with Crippen LogP contribution in [0.1, 0.15) is 37.8 Å². The number of urea groups is 1. The van der Waals surface area contributed by atoms with Crippen molar-refractivity contribution in [1.82, 2.24) is 20.4 Å². The summed E-state index contributed by atoms with van der Waals surface area (Å²) in [6.07, 6.45) is 0.819. The zero-order valence-corrected chi connectivity index (χ0v) is 18.3. The maximum Gasteiger partial charge on any atom is 0.322 e. The van der Waals surface area contributed by atoms with E-state index >= 15 is 0 Å². The first-order chi connectivity index (χ1) is 15.0. The summed E-state index contributed by atoms with van der Waals surface area (Å²) in [6, 6.07) is 14.2. The van der Waals surface area contributed by atoms with E-state index in [0.29, 0.717) is 29.0 Å². The first kappa shape index (κ1) is 20.9. The zero-order valence-electron chi connectivity index (χ0n) is 17.6. The van der Waals surface area contributed by atoms with Gasteiger partial charge in [-0.25, -0.2) is 4.79 Å². The Kier molecular flexibility index (Phi) is 5.95. The predicted molar refractivity (Wildman–Crippen MR) is 119 cm³/mol. The second kappa shape index (κ2) is 8.81. The molecule has 1 unspecified atom stereocenters. The highest BCUT2D eigenvalue weighted by molar-refractivity contribution is 6.30. The number of carbonyl (C=O) groups excluding carboxylic acids is 1. The fraction of sp³-hybridized carbons (Fsp3) is 0.261. The quantitative estimate of drug-likeness (QED) is 0.564. The summed E-state index contributed by atoms with van der Waals surface area (Å²) < 4.78 is 11.0. The van der Waals surface area contributed by atoms with Gasteiger partial charge in [0.15, 0.2) is 0 Å². The average Bonchev–Trinajstić information content (AvgIpc) is 3.26. The van der Waals surface area contributed by atoms with Gasteiger partial charge in [-0.1, -0.05) is 47.9 Å². The van der Waals surface area contributed by atoms with Crippen molar-refractivity contribution in [2.75, 3.05) is 13.7 Å². The number of nitrogens with one attached hydrogen (secondary N) is 1. The van der Waals surface area contributed by atoms with Crippen molar-refractivity contribution in [3.05, 3.63) is 70.7 Å². The Morgan fingerprint density at radius 2 is 2.03 bits per heavy atom. The number of hydrogen-bond donors (Lipinski definition) is 1. The number of methoxy groups -OCH3 is 1. The van der Waals surface area contributed by atoms with E-state index in [1.807, 2.05) is 50.2 Å². The van der Waals surface area contributed by atoms with Crippen molar-refractivity contribution in [2.24, 2.45) is 0 Å². The zero-order chi connectivity index (χ0) is 22.0. The number of hydrogen-bond acceptors (Lipinski definition) is 5. The van der Waals surface area contributed by atoms with Gasteiger partial charge in [0.1, 0.15) is 5.75 Å². The Morgan fingerprint density at radius 3 is 2.77 bits per heavy atom. The largest absolute Gasteiger partial charge is 0.497 e. The van der Waals surface area contributed by atoms with E-state index in [9.17, 15) is 4.79 Å². The molecule has 0 fully saturated rings. The van der Waals surface area contributed by atoms with Crippen LogP contribution in [-0.2, 0) is 0 Å². The molecule has 31 heavy (non-hydrogen) atoms. The molecule has 0 saturated carbocycles. The Labute approximate surface area is 185 Å². The van der Waals surface area contributed by atoms with Crippen LogP contribution < -0.4 is 10.1 Å². The SMILES string of the molecule is CCCN1C(=O)NC(c2cccc(OC)c2)C(c2nc(-c3cccc(Cl)c3)no2)=C1C. The van der Waals surface area contributed by atoms with Crippen LogP contribution in [0.15, 0.2) is 58.8 Å². The second-order valence-corrected chi connectivity index (χ2v) is 7.68. The van der Waals surface area contributed by atoms with Gasteiger partial charge < -0.3 is 14.6 Å². The molecule has 0 saturated heterocycles. The van der Waals surface area contributed by atoms with Crippen molar-refractivity contribution in [1.29, 1.82) is 0 Å². The van der Waals surface area contributed by atoms with Crippen molar-refractivity contribution >= 4 is 23.2 Å². The van der Waals surface area contributed by atoms with Gasteiger partial charge in [0.25, 0.3) is 5.89 Å². The standard InChI is InChI=1S/C23H23ClN4O3/c1-4-11-28-14(2)19(20(25-23(28)29)15-7-6-10-18(13-15)30-3)22-26-21(27-31-22)16-8-5-9-17(24)12-16/h5-10,12-13,20H,4,11H2,1-3H3,(H,25,29). The van der Waals surface area contributed by atoms with E-state index in [-0.39, 0.29) is 6.03 Å². The average molecular weight is 439 g/mol. The van der Waals surface area contributed by atoms with Crippen LogP contribution in [0.25, 0.3) is 17.0 Å². The molecule has 1 atom stereocenters. The Morgan fingerprint density at radius 1 is 1.23 bits per heavy atom. The molecule has 8 heteroatoms. The highest BCUT2D eigenvalue weighted by Gasteiger charge is 2.35. The molecule has 160 valence electrons. The maximum absolute atomic E-state index is 12.8. The molecule has 1 aliphatic heterocycles. The highest BCUT2D eigenvalue weighted by atomic mass is 35.5. The molecule has 3 aromatic rings. The van der Waals surface area contributed by atoms with Gasteiger partial charge in [0.05, 0.1) is 18.7 Å². The van der Waals surface area contributed by atoms with E-state index in [2.05, 4.69) is 15.5 Å². The molecule has 2 amide bonds. The summed E-state index contributed by atoms with van der Waals surface area (Å²) in [5.41, 5.74) is 3.14. The van der Waals surface area contributed by atoms with Crippen LogP contribution in [0.5, 0.6) is 5.75 Å². The number of halogens is 1. The number of allylic oxidation sites excluding steroid dienone is 1. The highest BCUT2D eigenvalue weighted by Crippen LogP contribution is 2.38. The second-order valence-electron chi connectivity index (χ2n) is 7.24. The molecule has 0 aliphatic carbocycles. The van der Waals surface area contributed by atoms with Gasteiger partial charge >= 0.3 is 6.03 Å². The van der Waals surface area contributed by atoms with E-state index in [1.165, 1.54) is 0 Å². The molecular weight excluding hydrogens is 416 g/mol. The van der Waals surface area contributed by atoms with Crippen LogP contribution in [0.3, 0.4) is 0 Å². The molecule has 0 bridgehead atoms. The van der Waals surface area contributed by atoms with E-state index < -0.39 is 6.04 Å². The molecular formula is C23H23ClN4O3. The van der Waals surface area contributed by atoms with Crippen molar-refractivity contribution < 1.29 is 14.1 Å². The van der Waals surface area contributed by atoms with E-state index in [0.717, 1.165) is 28.8 Å².